The zero-order valence-corrected chi connectivity index (χ0v) is 12.6. The Hall–Kier alpha value is -1.84. The van der Waals surface area contributed by atoms with Gasteiger partial charge in [-0.15, -0.1) is 0 Å². The maximum absolute atomic E-state index is 12.3. The quantitative estimate of drug-likeness (QED) is 0.920. The molecule has 108 valence electrons. The molecule has 2 amide bonds. The number of benzene rings is 1. The van der Waals surface area contributed by atoms with E-state index in [-0.39, 0.29) is 17.7 Å². The van der Waals surface area contributed by atoms with E-state index in [4.69, 9.17) is 0 Å². The van der Waals surface area contributed by atoms with E-state index in [2.05, 4.69) is 17.4 Å². The van der Waals surface area contributed by atoms with Crippen molar-refractivity contribution in [2.75, 3.05) is 18.4 Å². The summed E-state index contributed by atoms with van der Waals surface area (Å²) >= 11 is 0. The van der Waals surface area contributed by atoms with Crippen LogP contribution in [0.3, 0.4) is 0 Å². The van der Waals surface area contributed by atoms with E-state index in [0.29, 0.717) is 19.5 Å². The van der Waals surface area contributed by atoms with Gasteiger partial charge in [0.25, 0.3) is 0 Å². The smallest absolute Gasteiger partial charge is 0.229 e. The number of amides is 2. The second-order valence-corrected chi connectivity index (χ2v) is 5.60. The minimum atomic E-state index is -0.234. The van der Waals surface area contributed by atoms with Gasteiger partial charge in [0.2, 0.25) is 11.8 Å². The molecule has 1 heterocycles. The summed E-state index contributed by atoms with van der Waals surface area (Å²) in [6.07, 6.45) is 0.323. The number of anilines is 1. The standard InChI is InChI=1S/C16H22N2O2/c1-5-18-9-13(8-14(18)19)16(20)17-15-11(3)6-10(2)7-12(15)4/h6-7,13H,5,8-9H2,1-4H3,(H,17,20). The van der Waals surface area contributed by atoms with E-state index in [0.717, 1.165) is 16.8 Å². The van der Waals surface area contributed by atoms with Crippen LogP contribution in [0.5, 0.6) is 0 Å². The number of rotatable bonds is 3. The van der Waals surface area contributed by atoms with Gasteiger partial charge in [0.15, 0.2) is 0 Å². The molecular weight excluding hydrogens is 252 g/mol. The van der Waals surface area contributed by atoms with Crippen LogP contribution < -0.4 is 5.32 Å². The van der Waals surface area contributed by atoms with E-state index in [1.165, 1.54) is 5.56 Å². The van der Waals surface area contributed by atoms with Crippen molar-refractivity contribution in [1.29, 1.82) is 0 Å². The Morgan fingerprint density at radius 1 is 1.30 bits per heavy atom. The predicted octanol–water partition coefficient (Wildman–Crippen LogP) is 2.42. The van der Waals surface area contributed by atoms with Gasteiger partial charge in [-0.3, -0.25) is 9.59 Å². The van der Waals surface area contributed by atoms with Crippen LogP contribution in [-0.4, -0.2) is 29.8 Å². The van der Waals surface area contributed by atoms with Crippen molar-refractivity contribution in [2.45, 2.75) is 34.1 Å². The first kappa shape index (κ1) is 14.6. The van der Waals surface area contributed by atoms with Gasteiger partial charge < -0.3 is 10.2 Å². The van der Waals surface area contributed by atoms with Gasteiger partial charge in [0.05, 0.1) is 5.92 Å². The number of carbonyl (C=O) groups excluding carboxylic acids is 2. The summed E-state index contributed by atoms with van der Waals surface area (Å²) in [5.41, 5.74) is 4.19. The third kappa shape index (κ3) is 2.84. The van der Waals surface area contributed by atoms with Crippen molar-refractivity contribution in [3.05, 3.63) is 28.8 Å². The molecule has 1 aromatic carbocycles. The molecule has 0 aromatic heterocycles. The molecule has 20 heavy (non-hydrogen) atoms. The number of aryl methyl sites for hydroxylation is 3. The molecule has 1 saturated heterocycles. The molecule has 4 heteroatoms. The number of carbonyl (C=O) groups is 2. The number of nitrogens with zero attached hydrogens (tertiary/aromatic N) is 1. The second-order valence-electron chi connectivity index (χ2n) is 5.60. The lowest BCUT2D eigenvalue weighted by atomic mass is 10.0. The number of hydrogen-bond acceptors (Lipinski definition) is 2. The predicted molar refractivity (Wildman–Crippen MR) is 79.6 cm³/mol. The van der Waals surface area contributed by atoms with Crippen LogP contribution >= 0.6 is 0 Å². The molecule has 1 N–H and O–H groups in total. The van der Waals surface area contributed by atoms with Crippen LogP contribution in [0.1, 0.15) is 30.0 Å². The van der Waals surface area contributed by atoms with Crippen molar-refractivity contribution in [3.8, 4) is 0 Å². The molecule has 1 fully saturated rings. The number of nitrogens with one attached hydrogen (secondary N) is 1. The van der Waals surface area contributed by atoms with Crippen LogP contribution in [0.15, 0.2) is 12.1 Å². The van der Waals surface area contributed by atoms with Crippen LogP contribution in [0.25, 0.3) is 0 Å². The molecule has 1 aromatic rings. The third-order valence-corrected chi connectivity index (χ3v) is 3.89. The Bertz CT molecular complexity index is 528. The first-order valence-corrected chi connectivity index (χ1v) is 7.08. The Morgan fingerprint density at radius 3 is 2.40 bits per heavy atom. The molecule has 2 rings (SSSR count). The number of hydrogen-bond donors (Lipinski definition) is 1. The summed E-state index contributed by atoms with van der Waals surface area (Å²) in [5.74, 6) is -0.211. The second kappa shape index (κ2) is 5.65. The Kier molecular flexibility index (Phi) is 4.12. The fourth-order valence-electron chi connectivity index (χ4n) is 2.86. The molecule has 1 aliphatic heterocycles. The molecular formula is C16H22N2O2. The average molecular weight is 274 g/mol. The van der Waals surface area contributed by atoms with E-state index < -0.39 is 0 Å². The fraction of sp³-hybridized carbons (Fsp3) is 0.500. The molecule has 0 aliphatic carbocycles. The fourth-order valence-corrected chi connectivity index (χ4v) is 2.86. The first-order chi connectivity index (χ1) is 9.42. The Labute approximate surface area is 120 Å². The Morgan fingerprint density at radius 2 is 1.90 bits per heavy atom. The zero-order chi connectivity index (χ0) is 14.9. The lowest BCUT2D eigenvalue weighted by Gasteiger charge is -2.16. The van der Waals surface area contributed by atoms with E-state index >= 15 is 0 Å². The maximum atomic E-state index is 12.3. The molecule has 1 aliphatic rings. The van der Waals surface area contributed by atoms with E-state index in [1.54, 1.807) is 4.90 Å². The topological polar surface area (TPSA) is 49.4 Å². The van der Waals surface area contributed by atoms with Gasteiger partial charge in [-0.1, -0.05) is 17.7 Å². The largest absolute Gasteiger partial charge is 0.342 e. The van der Waals surface area contributed by atoms with Crippen LogP contribution in [-0.2, 0) is 9.59 Å². The normalized spacial score (nSPS) is 18.5. The van der Waals surface area contributed by atoms with Crippen LogP contribution in [0, 0.1) is 26.7 Å². The molecule has 0 spiro atoms. The van der Waals surface area contributed by atoms with Crippen molar-refractivity contribution < 1.29 is 9.59 Å². The molecule has 1 atom stereocenters. The molecule has 0 saturated carbocycles. The van der Waals surface area contributed by atoms with Gasteiger partial charge >= 0.3 is 0 Å². The van der Waals surface area contributed by atoms with Crippen LogP contribution in [0.2, 0.25) is 0 Å². The van der Waals surface area contributed by atoms with Gasteiger partial charge in [0.1, 0.15) is 0 Å². The summed E-state index contributed by atoms with van der Waals surface area (Å²) in [4.78, 5) is 25.8. The zero-order valence-electron chi connectivity index (χ0n) is 12.6. The van der Waals surface area contributed by atoms with Gasteiger partial charge in [-0.05, 0) is 38.8 Å². The average Bonchev–Trinajstić information content (AvgIpc) is 2.75. The summed E-state index contributed by atoms with van der Waals surface area (Å²) in [6, 6.07) is 4.11. The maximum Gasteiger partial charge on any atom is 0.229 e. The highest BCUT2D eigenvalue weighted by Crippen LogP contribution is 2.24. The van der Waals surface area contributed by atoms with Gasteiger partial charge in [0, 0.05) is 25.2 Å². The lowest BCUT2D eigenvalue weighted by Crippen LogP contribution is -2.28. The first-order valence-electron chi connectivity index (χ1n) is 7.08. The summed E-state index contributed by atoms with van der Waals surface area (Å²) in [7, 11) is 0. The van der Waals surface area contributed by atoms with E-state index in [9.17, 15) is 9.59 Å². The molecule has 4 nitrogen and oxygen atoms in total. The van der Waals surface area contributed by atoms with Crippen molar-refractivity contribution in [2.24, 2.45) is 5.92 Å². The monoisotopic (exact) mass is 274 g/mol. The highest BCUT2D eigenvalue weighted by atomic mass is 16.2. The number of likely N-dealkylation sites (tertiary alicyclic amines) is 1. The SMILES string of the molecule is CCN1CC(C(=O)Nc2c(C)cc(C)cc2C)CC1=O. The minimum absolute atomic E-state index is 0.0515. The van der Waals surface area contributed by atoms with Crippen molar-refractivity contribution in [1.82, 2.24) is 4.90 Å². The Balaban J connectivity index is 2.12. The lowest BCUT2D eigenvalue weighted by molar-refractivity contribution is -0.128. The van der Waals surface area contributed by atoms with Crippen molar-refractivity contribution >= 4 is 17.5 Å². The molecule has 0 radical (unpaired) electrons. The molecule has 1 unspecified atom stereocenters. The van der Waals surface area contributed by atoms with Gasteiger partial charge in [-0.2, -0.15) is 0 Å². The minimum Gasteiger partial charge on any atom is -0.342 e. The summed E-state index contributed by atoms with van der Waals surface area (Å²) in [6.45, 7) is 9.17. The highest BCUT2D eigenvalue weighted by Gasteiger charge is 2.33. The van der Waals surface area contributed by atoms with Crippen molar-refractivity contribution in [3.63, 3.8) is 0 Å². The van der Waals surface area contributed by atoms with E-state index in [1.807, 2.05) is 27.7 Å². The van der Waals surface area contributed by atoms with Gasteiger partial charge in [-0.25, -0.2) is 0 Å². The highest BCUT2D eigenvalue weighted by molar-refractivity contribution is 5.98. The van der Waals surface area contributed by atoms with Crippen LogP contribution in [0.4, 0.5) is 5.69 Å². The summed E-state index contributed by atoms with van der Waals surface area (Å²) in [5, 5.41) is 3.00. The molecule has 0 bridgehead atoms. The third-order valence-electron chi connectivity index (χ3n) is 3.89. The summed E-state index contributed by atoms with van der Waals surface area (Å²) < 4.78 is 0.